The fourth-order valence-electron chi connectivity index (χ4n) is 1.80. The molecule has 0 aliphatic carbocycles. The van der Waals surface area contributed by atoms with Crippen LogP contribution in [0.2, 0.25) is 5.02 Å². The molecule has 1 rings (SSSR count). The lowest BCUT2D eigenvalue weighted by atomic mass is 10.0. The quantitative estimate of drug-likeness (QED) is 0.802. The number of hydrogen-bond donors (Lipinski definition) is 1. The van der Waals surface area contributed by atoms with Gasteiger partial charge in [-0.3, -0.25) is 0 Å². The second-order valence-corrected chi connectivity index (χ2v) is 4.44. The van der Waals surface area contributed by atoms with Crippen LogP contribution in [0.4, 0.5) is 4.39 Å². The van der Waals surface area contributed by atoms with Crippen molar-refractivity contribution in [3.8, 4) is 0 Å². The van der Waals surface area contributed by atoms with Crippen LogP contribution < -0.4 is 5.32 Å². The van der Waals surface area contributed by atoms with E-state index in [1.54, 1.807) is 6.07 Å². The minimum Gasteiger partial charge on any atom is -0.317 e. The maximum Gasteiger partial charge on any atom is 0.142 e. The molecule has 1 aromatic rings. The molecule has 90 valence electrons. The number of hydrogen-bond acceptors (Lipinski definition) is 1. The van der Waals surface area contributed by atoms with Crippen LogP contribution in [-0.4, -0.2) is 13.1 Å². The molecule has 0 aliphatic heterocycles. The van der Waals surface area contributed by atoms with Gasteiger partial charge in [-0.1, -0.05) is 24.6 Å². The molecule has 1 N–H and O–H groups in total. The largest absolute Gasteiger partial charge is 0.317 e. The first-order chi connectivity index (χ1) is 7.67. The monoisotopic (exact) mass is 243 g/mol. The molecule has 0 aromatic heterocycles. The van der Waals surface area contributed by atoms with Gasteiger partial charge in [0.25, 0.3) is 0 Å². The van der Waals surface area contributed by atoms with Gasteiger partial charge in [0.05, 0.1) is 5.02 Å². The molecule has 0 bridgehead atoms. The van der Waals surface area contributed by atoms with E-state index >= 15 is 0 Å². The predicted molar refractivity (Wildman–Crippen MR) is 67.5 cm³/mol. The number of benzene rings is 1. The molecule has 0 fully saturated rings. The highest BCUT2D eigenvalue weighted by Crippen LogP contribution is 2.17. The van der Waals surface area contributed by atoms with Crippen molar-refractivity contribution in [1.82, 2.24) is 5.32 Å². The summed E-state index contributed by atoms with van der Waals surface area (Å²) in [5.41, 5.74) is 1.02. The average molecular weight is 244 g/mol. The fraction of sp³-hybridized carbons (Fsp3) is 0.538. The summed E-state index contributed by atoms with van der Waals surface area (Å²) in [4.78, 5) is 0. The van der Waals surface area contributed by atoms with Gasteiger partial charge in [0.15, 0.2) is 0 Å². The van der Waals surface area contributed by atoms with Crippen molar-refractivity contribution in [1.29, 1.82) is 0 Å². The Morgan fingerprint density at radius 1 is 1.44 bits per heavy atom. The van der Waals surface area contributed by atoms with E-state index in [-0.39, 0.29) is 10.8 Å². The molecule has 0 radical (unpaired) electrons. The van der Waals surface area contributed by atoms with Crippen molar-refractivity contribution in [2.75, 3.05) is 7.05 Å². The zero-order valence-corrected chi connectivity index (χ0v) is 10.6. The lowest BCUT2D eigenvalue weighted by Gasteiger charge is -2.13. The van der Waals surface area contributed by atoms with Crippen LogP contribution in [-0.2, 0) is 6.42 Å². The highest BCUT2D eigenvalue weighted by Gasteiger charge is 2.04. The second kappa shape index (κ2) is 6.87. The molecule has 0 aliphatic rings. The van der Waals surface area contributed by atoms with Crippen LogP contribution >= 0.6 is 11.6 Å². The SMILES string of the molecule is CCC(CCCc1ccc(Cl)c(F)c1)NC. The summed E-state index contributed by atoms with van der Waals surface area (Å²) >= 11 is 5.63. The van der Waals surface area contributed by atoms with E-state index in [0.717, 1.165) is 31.2 Å². The molecule has 0 heterocycles. The van der Waals surface area contributed by atoms with Gasteiger partial charge in [0.1, 0.15) is 5.82 Å². The van der Waals surface area contributed by atoms with E-state index < -0.39 is 0 Å². The Kier molecular flexibility index (Phi) is 5.78. The smallest absolute Gasteiger partial charge is 0.142 e. The maximum atomic E-state index is 13.2. The van der Waals surface area contributed by atoms with Gasteiger partial charge in [-0.25, -0.2) is 4.39 Å². The Morgan fingerprint density at radius 2 is 2.19 bits per heavy atom. The minimum absolute atomic E-state index is 0.199. The van der Waals surface area contributed by atoms with Crippen LogP contribution in [0.1, 0.15) is 31.7 Å². The zero-order chi connectivity index (χ0) is 12.0. The predicted octanol–water partition coefficient (Wildman–Crippen LogP) is 3.80. The van der Waals surface area contributed by atoms with Crippen LogP contribution in [0.25, 0.3) is 0 Å². The number of nitrogens with one attached hydrogen (secondary N) is 1. The van der Waals surface area contributed by atoms with E-state index in [1.807, 2.05) is 13.1 Å². The molecule has 0 spiro atoms. The third-order valence-corrected chi connectivity index (χ3v) is 3.21. The number of rotatable bonds is 6. The van der Waals surface area contributed by atoms with E-state index in [0.29, 0.717) is 6.04 Å². The standard InChI is InChI=1S/C13H19ClFN/c1-3-11(16-2)6-4-5-10-7-8-12(14)13(15)9-10/h7-9,11,16H,3-6H2,1-2H3. The first-order valence-electron chi connectivity index (χ1n) is 5.78. The lowest BCUT2D eigenvalue weighted by Crippen LogP contribution is -2.23. The second-order valence-electron chi connectivity index (χ2n) is 4.03. The van der Waals surface area contributed by atoms with E-state index in [2.05, 4.69) is 12.2 Å². The van der Waals surface area contributed by atoms with Crippen LogP contribution in [0, 0.1) is 5.82 Å². The van der Waals surface area contributed by atoms with E-state index in [9.17, 15) is 4.39 Å². The molecule has 1 unspecified atom stereocenters. The van der Waals surface area contributed by atoms with Gasteiger partial charge in [-0.05, 0) is 50.4 Å². The topological polar surface area (TPSA) is 12.0 Å². The van der Waals surface area contributed by atoms with Gasteiger partial charge in [-0.15, -0.1) is 0 Å². The minimum atomic E-state index is -0.320. The maximum absolute atomic E-state index is 13.2. The number of halogens is 2. The van der Waals surface area contributed by atoms with Gasteiger partial charge in [0.2, 0.25) is 0 Å². The van der Waals surface area contributed by atoms with Crippen molar-refractivity contribution in [2.24, 2.45) is 0 Å². The summed E-state index contributed by atoms with van der Waals surface area (Å²) in [6, 6.07) is 5.62. The summed E-state index contributed by atoms with van der Waals surface area (Å²) in [6.07, 6.45) is 4.23. The van der Waals surface area contributed by atoms with E-state index in [4.69, 9.17) is 11.6 Å². The Labute approximate surface area is 102 Å². The Morgan fingerprint density at radius 3 is 2.75 bits per heavy atom. The van der Waals surface area contributed by atoms with E-state index in [1.165, 1.54) is 6.07 Å². The lowest BCUT2D eigenvalue weighted by molar-refractivity contribution is 0.491. The summed E-state index contributed by atoms with van der Waals surface area (Å²) in [5, 5.41) is 3.46. The van der Waals surface area contributed by atoms with Crippen molar-refractivity contribution in [3.63, 3.8) is 0 Å². The summed E-state index contributed by atoms with van der Waals surface area (Å²) in [7, 11) is 1.98. The first-order valence-corrected chi connectivity index (χ1v) is 6.16. The molecule has 1 aromatic carbocycles. The molecular weight excluding hydrogens is 225 g/mol. The van der Waals surface area contributed by atoms with Crippen molar-refractivity contribution < 1.29 is 4.39 Å². The number of aryl methyl sites for hydroxylation is 1. The normalized spacial score (nSPS) is 12.8. The Hall–Kier alpha value is -0.600. The third-order valence-electron chi connectivity index (χ3n) is 2.90. The molecule has 3 heteroatoms. The van der Waals surface area contributed by atoms with Gasteiger partial charge in [-0.2, -0.15) is 0 Å². The zero-order valence-electron chi connectivity index (χ0n) is 9.89. The Balaban J connectivity index is 2.40. The highest BCUT2D eigenvalue weighted by molar-refractivity contribution is 6.30. The van der Waals surface area contributed by atoms with Crippen LogP contribution in [0.15, 0.2) is 18.2 Å². The first kappa shape index (κ1) is 13.5. The average Bonchev–Trinajstić information content (AvgIpc) is 2.29. The summed E-state index contributed by atoms with van der Waals surface area (Å²) in [5.74, 6) is -0.320. The molecule has 0 saturated carbocycles. The van der Waals surface area contributed by atoms with Gasteiger partial charge >= 0.3 is 0 Å². The third kappa shape index (κ3) is 4.11. The molecule has 0 amide bonds. The van der Waals surface area contributed by atoms with Crippen molar-refractivity contribution >= 4 is 11.6 Å². The van der Waals surface area contributed by atoms with Crippen LogP contribution in [0.5, 0.6) is 0 Å². The summed E-state index contributed by atoms with van der Waals surface area (Å²) in [6.45, 7) is 2.17. The van der Waals surface area contributed by atoms with Crippen molar-refractivity contribution in [2.45, 2.75) is 38.6 Å². The Bertz CT molecular complexity index is 324. The summed E-state index contributed by atoms with van der Waals surface area (Å²) < 4.78 is 13.2. The van der Waals surface area contributed by atoms with Gasteiger partial charge in [0, 0.05) is 6.04 Å². The molecule has 1 nitrogen and oxygen atoms in total. The molecule has 16 heavy (non-hydrogen) atoms. The molecule has 1 atom stereocenters. The van der Waals surface area contributed by atoms with Gasteiger partial charge < -0.3 is 5.32 Å². The highest BCUT2D eigenvalue weighted by atomic mass is 35.5. The fourth-order valence-corrected chi connectivity index (χ4v) is 1.92. The van der Waals surface area contributed by atoms with Crippen LogP contribution in [0.3, 0.4) is 0 Å². The molecule has 0 saturated heterocycles. The molecular formula is C13H19ClFN. The van der Waals surface area contributed by atoms with Crippen molar-refractivity contribution in [3.05, 3.63) is 34.6 Å².